The third-order valence-corrected chi connectivity index (χ3v) is 3.01. The van der Waals surface area contributed by atoms with Crippen molar-refractivity contribution < 1.29 is 0 Å². The van der Waals surface area contributed by atoms with Crippen LogP contribution in [-0.2, 0) is 12.8 Å². The van der Waals surface area contributed by atoms with Crippen LogP contribution in [0.2, 0.25) is 0 Å². The first-order valence-corrected chi connectivity index (χ1v) is 5.96. The molecule has 0 spiro atoms. The Hall–Kier alpha value is -2.30. The third kappa shape index (κ3) is 1.95. The Morgan fingerprint density at radius 3 is 2.72 bits per heavy atom. The quantitative estimate of drug-likeness (QED) is 0.686. The summed E-state index contributed by atoms with van der Waals surface area (Å²) in [5, 5.41) is 11.5. The third-order valence-electron chi connectivity index (χ3n) is 3.01. The Morgan fingerprint density at radius 1 is 1.17 bits per heavy atom. The first kappa shape index (κ1) is 10.8. The van der Waals surface area contributed by atoms with E-state index in [1.165, 1.54) is 5.56 Å². The van der Waals surface area contributed by atoms with Gasteiger partial charge >= 0.3 is 0 Å². The summed E-state index contributed by atoms with van der Waals surface area (Å²) < 4.78 is 1.94. The fourth-order valence-corrected chi connectivity index (χ4v) is 2.05. The maximum atomic E-state index is 5.66. The maximum absolute atomic E-state index is 5.66. The highest BCUT2D eigenvalue weighted by Gasteiger charge is 2.07. The Morgan fingerprint density at radius 2 is 1.94 bits per heavy atom. The summed E-state index contributed by atoms with van der Waals surface area (Å²) in [4.78, 5) is 0. The van der Waals surface area contributed by atoms with Gasteiger partial charge in [-0.05, 0) is 31.0 Å². The lowest BCUT2D eigenvalue weighted by molar-refractivity contribution is 0.784. The van der Waals surface area contributed by atoms with E-state index in [4.69, 9.17) is 5.73 Å². The van der Waals surface area contributed by atoms with Gasteiger partial charge in [0.1, 0.15) is 0 Å². The van der Waals surface area contributed by atoms with E-state index in [1.807, 2.05) is 41.8 Å². The highest BCUT2D eigenvalue weighted by molar-refractivity contribution is 5.40. The number of nitrogen functional groups attached to an aromatic ring is 1. The van der Waals surface area contributed by atoms with Gasteiger partial charge in [0.25, 0.3) is 0 Å². The number of rotatable bonds is 3. The number of hydrogen-bond donors (Lipinski definition) is 2. The summed E-state index contributed by atoms with van der Waals surface area (Å²) in [6, 6.07) is 9.93. The molecule has 2 heterocycles. The SMILES string of the molecule is Cc1cc2nnc(CCc3ccc(N)cc3)n2[nH]1. The van der Waals surface area contributed by atoms with Crippen molar-refractivity contribution in [3.05, 3.63) is 47.4 Å². The number of hydrogen-bond acceptors (Lipinski definition) is 3. The number of aromatic amines is 1. The lowest BCUT2D eigenvalue weighted by atomic mass is 10.1. The van der Waals surface area contributed by atoms with Crippen molar-refractivity contribution in [2.45, 2.75) is 19.8 Å². The highest BCUT2D eigenvalue weighted by Crippen LogP contribution is 2.10. The number of aromatic nitrogens is 4. The van der Waals surface area contributed by atoms with Crippen molar-refractivity contribution in [1.82, 2.24) is 19.8 Å². The lowest BCUT2D eigenvalue weighted by Gasteiger charge is -2.00. The molecule has 1 aromatic carbocycles. The number of nitrogens with one attached hydrogen (secondary N) is 1. The van der Waals surface area contributed by atoms with Gasteiger partial charge in [-0.25, -0.2) is 4.52 Å². The largest absolute Gasteiger partial charge is 0.399 e. The number of H-pyrrole nitrogens is 1. The van der Waals surface area contributed by atoms with Gasteiger partial charge in [0, 0.05) is 23.9 Å². The fourth-order valence-electron chi connectivity index (χ4n) is 2.05. The van der Waals surface area contributed by atoms with Crippen LogP contribution in [0.15, 0.2) is 30.3 Å². The van der Waals surface area contributed by atoms with E-state index in [1.54, 1.807) is 0 Å². The smallest absolute Gasteiger partial charge is 0.177 e. The number of fused-ring (bicyclic) bond motifs is 1. The predicted octanol–water partition coefficient (Wildman–Crippen LogP) is 1.73. The minimum atomic E-state index is 0.795. The summed E-state index contributed by atoms with van der Waals surface area (Å²) in [6.45, 7) is 2.01. The Bertz CT molecular complexity index is 662. The molecule has 0 fully saturated rings. The van der Waals surface area contributed by atoms with Crippen molar-refractivity contribution in [2.24, 2.45) is 0 Å². The molecule has 0 radical (unpaired) electrons. The molecule has 3 aromatic rings. The van der Waals surface area contributed by atoms with Crippen molar-refractivity contribution >= 4 is 11.3 Å². The van der Waals surface area contributed by atoms with Gasteiger partial charge in [0.2, 0.25) is 0 Å². The van der Waals surface area contributed by atoms with Crippen molar-refractivity contribution in [3.8, 4) is 0 Å². The molecule has 0 saturated heterocycles. The average Bonchev–Trinajstić information content (AvgIpc) is 2.88. The molecule has 18 heavy (non-hydrogen) atoms. The highest BCUT2D eigenvalue weighted by atomic mass is 15.4. The average molecular weight is 241 g/mol. The minimum Gasteiger partial charge on any atom is -0.399 e. The standard InChI is InChI=1S/C13H15N5/c1-9-8-13-16-15-12(18(13)17-9)7-4-10-2-5-11(14)6-3-10/h2-3,5-6,8,17H,4,7,14H2,1H3. The van der Waals surface area contributed by atoms with Crippen LogP contribution in [0.3, 0.4) is 0 Å². The topological polar surface area (TPSA) is 72.0 Å². The molecule has 5 heteroatoms. The summed E-state index contributed by atoms with van der Waals surface area (Å²) in [6.07, 6.45) is 1.78. The summed E-state index contributed by atoms with van der Waals surface area (Å²) in [5.41, 5.74) is 9.68. The lowest BCUT2D eigenvalue weighted by Crippen LogP contribution is -1.99. The maximum Gasteiger partial charge on any atom is 0.177 e. The fraction of sp³-hybridized carbons (Fsp3) is 0.231. The van der Waals surface area contributed by atoms with E-state index in [-0.39, 0.29) is 0 Å². The Balaban J connectivity index is 1.78. The van der Waals surface area contributed by atoms with E-state index >= 15 is 0 Å². The minimum absolute atomic E-state index is 0.795. The van der Waals surface area contributed by atoms with Gasteiger partial charge in [-0.1, -0.05) is 12.1 Å². The van der Waals surface area contributed by atoms with Gasteiger partial charge in [-0.3, -0.25) is 5.10 Å². The second kappa shape index (κ2) is 4.18. The van der Waals surface area contributed by atoms with E-state index in [0.717, 1.165) is 35.7 Å². The normalized spacial score (nSPS) is 11.2. The number of benzene rings is 1. The molecule has 0 unspecified atom stereocenters. The first-order chi connectivity index (χ1) is 8.72. The van der Waals surface area contributed by atoms with Crippen molar-refractivity contribution in [2.75, 3.05) is 5.73 Å². The molecular formula is C13H15N5. The number of nitrogens with zero attached hydrogens (tertiary/aromatic N) is 3. The van der Waals surface area contributed by atoms with Crippen LogP contribution in [0.5, 0.6) is 0 Å². The molecule has 0 aliphatic heterocycles. The van der Waals surface area contributed by atoms with E-state index in [2.05, 4.69) is 15.3 Å². The molecular weight excluding hydrogens is 226 g/mol. The van der Waals surface area contributed by atoms with Crippen LogP contribution in [-0.4, -0.2) is 19.8 Å². The molecule has 0 amide bonds. The monoisotopic (exact) mass is 241 g/mol. The van der Waals surface area contributed by atoms with Gasteiger partial charge in [-0.15, -0.1) is 10.2 Å². The molecule has 0 atom stereocenters. The Labute approximate surface area is 105 Å². The number of anilines is 1. The van der Waals surface area contributed by atoms with Crippen LogP contribution in [0.4, 0.5) is 5.69 Å². The molecule has 2 aromatic heterocycles. The van der Waals surface area contributed by atoms with Crippen LogP contribution in [0, 0.1) is 6.92 Å². The summed E-state index contributed by atoms with van der Waals surface area (Å²) in [7, 11) is 0. The zero-order valence-corrected chi connectivity index (χ0v) is 10.2. The van der Waals surface area contributed by atoms with Crippen LogP contribution in [0.25, 0.3) is 5.65 Å². The molecule has 0 aliphatic rings. The summed E-state index contributed by atoms with van der Waals surface area (Å²) in [5.74, 6) is 0.954. The summed E-state index contributed by atoms with van der Waals surface area (Å²) >= 11 is 0. The molecule has 0 saturated carbocycles. The Kier molecular flexibility index (Phi) is 2.51. The zero-order valence-electron chi connectivity index (χ0n) is 10.2. The van der Waals surface area contributed by atoms with Crippen LogP contribution >= 0.6 is 0 Å². The van der Waals surface area contributed by atoms with Crippen LogP contribution < -0.4 is 5.73 Å². The van der Waals surface area contributed by atoms with Crippen molar-refractivity contribution in [1.29, 1.82) is 0 Å². The van der Waals surface area contributed by atoms with Gasteiger partial charge in [0.15, 0.2) is 11.5 Å². The van der Waals surface area contributed by atoms with Gasteiger partial charge in [0.05, 0.1) is 0 Å². The van der Waals surface area contributed by atoms with E-state index in [0.29, 0.717) is 0 Å². The van der Waals surface area contributed by atoms with Gasteiger partial charge < -0.3 is 5.73 Å². The molecule has 0 bridgehead atoms. The molecule has 3 rings (SSSR count). The van der Waals surface area contributed by atoms with E-state index in [9.17, 15) is 0 Å². The van der Waals surface area contributed by atoms with Crippen LogP contribution in [0.1, 0.15) is 17.1 Å². The number of aryl methyl sites for hydroxylation is 3. The molecule has 92 valence electrons. The molecule has 0 aliphatic carbocycles. The second-order valence-corrected chi connectivity index (χ2v) is 4.49. The van der Waals surface area contributed by atoms with Crippen molar-refractivity contribution in [3.63, 3.8) is 0 Å². The predicted molar refractivity (Wildman–Crippen MR) is 70.3 cm³/mol. The first-order valence-electron chi connectivity index (χ1n) is 5.96. The van der Waals surface area contributed by atoms with E-state index < -0.39 is 0 Å². The number of nitrogens with two attached hydrogens (primary N) is 1. The molecule has 5 nitrogen and oxygen atoms in total. The van der Waals surface area contributed by atoms with Gasteiger partial charge in [-0.2, -0.15) is 0 Å². The molecule has 3 N–H and O–H groups in total. The second-order valence-electron chi connectivity index (χ2n) is 4.49. The zero-order chi connectivity index (χ0) is 12.5.